The average molecular weight is 582 g/mol. The van der Waals surface area contributed by atoms with Gasteiger partial charge in [-0.25, -0.2) is 9.78 Å². The summed E-state index contributed by atoms with van der Waals surface area (Å²) in [5, 5.41) is 17.0. The lowest BCUT2D eigenvalue weighted by Crippen LogP contribution is -2.50. The predicted octanol–water partition coefficient (Wildman–Crippen LogP) is 4.21. The summed E-state index contributed by atoms with van der Waals surface area (Å²) in [6.45, 7) is 4.29. The Kier molecular flexibility index (Phi) is 9.73. The maximum absolute atomic E-state index is 13.9. The van der Waals surface area contributed by atoms with Crippen LogP contribution in [-0.2, 0) is 11.3 Å². The van der Waals surface area contributed by atoms with Crippen LogP contribution in [0.1, 0.15) is 31.2 Å². The second-order valence-electron chi connectivity index (χ2n) is 9.30. The van der Waals surface area contributed by atoms with E-state index in [9.17, 15) is 9.90 Å². The number of fused-ring (bicyclic) bond motifs is 1. The monoisotopic (exact) mass is 580 g/mol. The summed E-state index contributed by atoms with van der Waals surface area (Å²) < 4.78 is 16.1. The van der Waals surface area contributed by atoms with Gasteiger partial charge in [0.05, 0.1) is 39.6 Å². The maximum Gasteiger partial charge on any atom is 0.330 e. The molecule has 0 bridgehead atoms. The zero-order chi connectivity index (χ0) is 28.1. The molecule has 3 atom stereocenters. The van der Waals surface area contributed by atoms with E-state index in [1.807, 2.05) is 0 Å². The lowest BCUT2D eigenvalue weighted by molar-refractivity contribution is 0.151. The number of hydrogen-bond donors (Lipinski definition) is 3. The van der Waals surface area contributed by atoms with E-state index >= 15 is 0 Å². The Morgan fingerprint density at radius 3 is 2.46 bits per heavy atom. The standard InChI is InChI=1S/C26H34Cl2N6O5/c1-5-20(35)30-16-8-6-7-9-17(16)31-25-29-13-15-14-34(26(36)33(10-11-37-2)24(15)32-25)23-21(27)18(38-3)12-19(39-4)22(23)28/h5,12-13,16-17,20,30,35H,1,6-11,14H2,2-4H3,(H,29,31,32). The average Bonchev–Trinajstić information content (AvgIpc) is 2.94. The highest BCUT2D eigenvalue weighted by atomic mass is 35.5. The topological polar surface area (TPSA) is 121 Å². The van der Waals surface area contributed by atoms with E-state index < -0.39 is 6.23 Å². The van der Waals surface area contributed by atoms with Gasteiger partial charge in [-0.3, -0.25) is 15.1 Å². The second-order valence-corrected chi connectivity index (χ2v) is 10.1. The van der Waals surface area contributed by atoms with Gasteiger partial charge < -0.3 is 24.6 Å². The van der Waals surface area contributed by atoms with Crippen molar-refractivity contribution < 1.29 is 24.1 Å². The van der Waals surface area contributed by atoms with Crippen molar-refractivity contribution in [3.63, 3.8) is 0 Å². The van der Waals surface area contributed by atoms with Crippen LogP contribution in [0.2, 0.25) is 10.0 Å². The Bertz CT molecular complexity index is 1170. The molecule has 212 valence electrons. The van der Waals surface area contributed by atoms with Crippen LogP contribution in [0, 0.1) is 0 Å². The molecule has 1 aromatic heterocycles. The molecule has 2 amide bonds. The molecule has 0 radical (unpaired) electrons. The van der Waals surface area contributed by atoms with Crippen molar-refractivity contribution in [2.24, 2.45) is 0 Å². The number of halogens is 2. The van der Waals surface area contributed by atoms with Gasteiger partial charge in [-0.05, 0) is 18.9 Å². The van der Waals surface area contributed by atoms with Crippen molar-refractivity contribution in [1.82, 2.24) is 15.3 Å². The maximum atomic E-state index is 13.9. The minimum Gasteiger partial charge on any atom is -0.495 e. The Labute approximate surface area is 238 Å². The van der Waals surface area contributed by atoms with Gasteiger partial charge in [-0.1, -0.05) is 42.6 Å². The number of methoxy groups -OCH3 is 3. The van der Waals surface area contributed by atoms with Crippen molar-refractivity contribution in [3.8, 4) is 11.5 Å². The summed E-state index contributed by atoms with van der Waals surface area (Å²) in [6.07, 6.45) is 6.23. The molecule has 0 spiro atoms. The van der Waals surface area contributed by atoms with Crippen LogP contribution in [0.15, 0.2) is 24.9 Å². The van der Waals surface area contributed by atoms with E-state index in [1.165, 1.54) is 30.1 Å². The van der Waals surface area contributed by atoms with E-state index in [-0.39, 0.29) is 53.5 Å². The lowest BCUT2D eigenvalue weighted by Gasteiger charge is -2.37. The first-order chi connectivity index (χ1) is 18.8. The van der Waals surface area contributed by atoms with Gasteiger partial charge in [0.2, 0.25) is 5.95 Å². The van der Waals surface area contributed by atoms with Crippen LogP contribution in [-0.4, -0.2) is 73.9 Å². The van der Waals surface area contributed by atoms with Crippen LogP contribution in [0.3, 0.4) is 0 Å². The van der Waals surface area contributed by atoms with Crippen molar-refractivity contribution in [1.29, 1.82) is 0 Å². The van der Waals surface area contributed by atoms with Gasteiger partial charge in [0.15, 0.2) is 0 Å². The first-order valence-corrected chi connectivity index (χ1v) is 13.5. The Morgan fingerprint density at radius 1 is 1.18 bits per heavy atom. The highest BCUT2D eigenvalue weighted by Crippen LogP contribution is 2.48. The number of anilines is 3. The third kappa shape index (κ3) is 6.17. The number of carbonyl (C=O) groups is 1. The highest BCUT2D eigenvalue weighted by Gasteiger charge is 2.37. The molecule has 1 aromatic carbocycles. The Balaban J connectivity index is 1.68. The predicted molar refractivity (Wildman–Crippen MR) is 151 cm³/mol. The molecule has 0 saturated heterocycles. The molecule has 11 nitrogen and oxygen atoms in total. The molecule has 39 heavy (non-hydrogen) atoms. The number of rotatable bonds is 11. The van der Waals surface area contributed by atoms with Crippen LogP contribution in [0.4, 0.5) is 22.2 Å². The van der Waals surface area contributed by atoms with Crippen molar-refractivity contribution in [3.05, 3.63) is 40.5 Å². The lowest BCUT2D eigenvalue weighted by atomic mass is 9.90. The normalized spacial score (nSPS) is 19.9. The van der Waals surface area contributed by atoms with E-state index in [0.717, 1.165) is 25.7 Å². The molecule has 1 aliphatic carbocycles. The van der Waals surface area contributed by atoms with Gasteiger partial charge in [-0.2, -0.15) is 4.98 Å². The smallest absolute Gasteiger partial charge is 0.330 e. The van der Waals surface area contributed by atoms with E-state index in [1.54, 1.807) is 19.4 Å². The molecule has 4 rings (SSSR count). The zero-order valence-corrected chi connectivity index (χ0v) is 23.8. The summed E-state index contributed by atoms with van der Waals surface area (Å²) in [6, 6.07) is 1.20. The fourth-order valence-electron chi connectivity index (χ4n) is 4.91. The minimum atomic E-state index is -0.802. The summed E-state index contributed by atoms with van der Waals surface area (Å²) in [5.41, 5.74) is 0.970. The van der Waals surface area contributed by atoms with Crippen molar-refractivity contribution >= 4 is 46.7 Å². The fourth-order valence-corrected chi connectivity index (χ4v) is 5.62. The minimum absolute atomic E-state index is 0.00326. The first kappa shape index (κ1) is 29.2. The van der Waals surface area contributed by atoms with Gasteiger partial charge in [0, 0.05) is 37.0 Å². The molecule has 3 unspecified atom stereocenters. The third-order valence-corrected chi connectivity index (χ3v) is 7.65. The largest absolute Gasteiger partial charge is 0.495 e. The molecule has 1 fully saturated rings. The first-order valence-electron chi connectivity index (χ1n) is 12.7. The van der Waals surface area contributed by atoms with Crippen LogP contribution >= 0.6 is 23.2 Å². The molecule has 1 aliphatic heterocycles. The van der Waals surface area contributed by atoms with Gasteiger partial charge >= 0.3 is 6.03 Å². The van der Waals surface area contributed by atoms with Gasteiger partial charge in [-0.15, -0.1) is 0 Å². The number of ether oxygens (including phenoxy) is 3. The molecule has 2 heterocycles. The SMILES string of the molecule is C=CC(O)NC1CCCCC1Nc1ncc2c(n1)N(CCOC)C(=O)N(c1c(Cl)c(OC)cc(OC)c1Cl)C2. The molecule has 13 heteroatoms. The quantitative estimate of drug-likeness (QED) is 0.265. The van der Waals surface area contributed by atoms with Crippen LogP contribution in [0.5, 0.6) is 11.5 Å². The number of aromatic nitrogens is 2. The third-order valence-electron chi connectivity index (χ3n) is 6.92. The number of nitrogens with zero attached hydrogens (tertiary/aromatic N) is 4. The Morgan fingerprint density at radius 2 is 1.85 bits per heavy atom. The molecular formula is C26H34Cl2N6O5. The summed E-state index contributed by atoms with van der Waals surface area (Å²) in [4.78, 5) is 26.2. The molecule has 3 N–H and O–H groups in total. The number of benzene rings is 1. The second kappa shape index (κ2) is 13.0. The number of amides is 2. The van der Waals surface area contributed by atoms with E-state index in [4.69, 9.17) is 42.4 Å². The number of aliphatic hydroxyl groups excluding tert-OH is 1. The van der Waals surface area contributed by atoms with Crippen LogP contribution < -0.4 is 29.9 Å². The highest BCUT2D eigenvalue weighted by molar-refractivity contribution is 6.42. The molecule has 2 aliphatic rings. The van der Waals surface area contributed by atoms with Crippen molar-refractivity contribution in [2.75, 3.05) is 49.6 Å². The number of nitrogens with one attached hydrogen (secondary N) is 2. The number of aliphatic hydroxyl groups is 1. The summed E-state index contributed by atoms with van der Waals surface area (Å²) in [5.74, 6) is 1.51. The van der Waals surface area contributed by atoms with Gasteiger partial charge in [0.25, 0.3) is 0 Å². The summed E-state index contributed by atoms with van der Waals surface area (Å²) >= 11 is 13.3. The van der Waals surface area contributed by atoms with E-state index in [2.05, 4.69) is 22.2 Å². The number of carbonyl (C=O) groups excluding carboxylic acids is 1. The molecule has 1 saturated carbocycles. The molecular weight excluding hydrogens is 547 g/mol. The van der Waals surface area contributed by atoms with Gasteiger partial charge in [0.1, 0.15) is 33.6 Å². The van der Waals surface area contributed by atoms with Crippen molar-refractivity contribution in [2.45, 2.75) is 50.5 Å². The fraction of sp³-hybridized carbons (Fsp3) is 0.500. The number of urea groups is 1. The zero-order valence-electron chi connectivity index (χ0n) is 22.2. The number of hydrogen-bond acceptors (Lipinski definition) is 9. The van der Waals surface area contributed by atoms with E-state index in [0.29, 0.717) is 28.8 Å². The molecule has 2 aromatic rings. The summed E-state index contributed by atoms with van der Waals surface area (Å²) in [7, 11) is 4.52. The Hall–Kier alpha value is -2.83. The van der Waals surface area contributed by atoms with Crippen LogP contribution in [0.25, 0.3) is 0 Å².